The summed E-state index contributed by atoms with van der Waals surface area (Å²) in [6.07, 6.45) is -0.0290. The number of aliphatic carboxylic acids is 1. The van der Waals surface area contributed by atoms with Crippen molar-refractivity contribution >= 4 is 28.3 Å². The second-order valence-corrected chi connectivity index (χ2v) is 6.46. The van der Waals surface area contributed by atoms with Crippen LogP contribution in [-0.4, -0.2) is 26.9 Å². The Hall–Kier alpha value is -3.86. The van der Waals surface area contributed by atoms with Gasteiger partial charge in [0.05, 0.1) is 23.4 Å². The van der Waals surface area contributed by atoms with Gasteiger partial charge in [-0.05, 0) is 23.8 Å². The van der Waals surface area contributed by atoms with Gasteiger partial charge in [0.25, 0.3) is 0 Å². The molecule has 0 bridgehead atoms. The van der Waals surface area contributed by atoms with Crippen LogP contribution in [0.25, 0.3) is 10.9 Å². The lowest BCUT2D eigenvalue weighted by Crippen LogP contribution is -2.03. The monoisotopic (exact) mass is 370 g/mol. The van der Waals surface area contributed by atoms with Crippen molar-refractivity contribution in [2.24, 2.45) is 4.99 Å². The lowest BCUT2D eigenvalue weighted by molar-refractivity contribution is -0.136. The van der Waals surface area contributed by atoms with Crippen molar-refractivity contribution in [3.05, 3.63) is 95.6 Å². The van der Waals surface area contributed by atoms with E-state index in [2.05, 4.69) is 4.98 Å². The molecule has 0 fully saturated rings. The van der Waals surface area contributed by atoms with Gasteiger partial charge in [-0.25, -0.2) is 4.99 Å². The highest BCUT2D eigenvalue weighted by Gasteiger charge is 2.18. The average molecular weight is 370 g/mol. The molecule has 138 valence electrons. The van der Waals surface area contributed by atoms with Crippen LogP contribution in [0.2, 0.25) is 0 Å². The Balaban J connectivity index is 1.86. The van der Waals surface area contributed by atoms with Crippen LogP contribution in [0.3, 0.4) is 0 Å². The number of benzene rings is 3. The minimum absolute atomic E-state index is 0.0290. The van der Waals surface area contributed by atoms with Crippen molar-refractivity contribution in [1.29, 1.82) is 0 Å². The first kappa shape index (κ1) is 17.5. The van der Waals surface area contributed by atoms with Gasteiger partial charge in [-0.3, -0.25) is 4.79 Å². The van der Waals surface area contributed by atoms with Crippen molar-refractivity contribution in [2.45, 2.75) is 6.42 Å². The zero-order chi connectivity index (χ0) is 19.5. The molecule has 1 aromatic heterocycles. The minimum atomic E-state index is -0.870. The van der Waals surface area contributed by atoms with Gasteiger partial charge in [0.15, 0.2) is 5.88 Å². The maximum atomic E-state index is 10.9. The highest BCUT2D eigenvalue weighted by atomic mass is 16.4. The molecule has 4 rings (SSSR count). The van der Waals surface area contributed by atoms with E-state index in [0.29, 0.717) is 22.5 Å². The summed E-state index contributed by atoms with van der Waals surface area (Å²) in [6, 6.07) is 24.4. The van der Waals surface area contributed by atoms with E-state index in [4.69, 9.17) is 10.1 Å². The largest absolute Gasteiger partial charge is 0.494 e. The van der Waals surface area contributed by atoms with Crippen molar-refractivity contribution < 1.29 is 15.0 Å². The third kappa shape index (κ3) is 3.50. The van der Waals surface area contributed by atoms with E-state index >= 15 is 0 Å². The molecule has 0 radical (unpaired) electrons. The molecule has 5 heteroatoms. The topological polar surface area (TPSA) is 85.7 Å². The van der Waals surface area contributed by atoms with Crippen molar-refractivity contribution in [1.82, 2.24) is 4.98 Å². The fourth-order valence-corrected chi connectivity index (χ4v) is 3.22. The van der Waals surface area contributed by atoms with Gasteiger partial charge in [0, 0.05) is 16.5 Å². The fraction of sp³-hybridized carbons (Fsp3) is 0.0435. The van der Waals surface area contributed by atoms with Gasteiger partial charge in [-0.15, -0.1) is 0 Å². The van der Waals surface area contributed by atoms with Crippen LogP contribution < -0.4 is 0 Å². The summed E-state index contributed by atoms with van der Waals surface area (Å²) < 4.78 is 0. The Morgan fingerprint density at radius 1 is 0.893 bits per heavy atom. The van der Waals surface area contributed by atoms with Crippen LogP contribution in [0.1, 0.15) is 16.7 Å². The number of aromatic nitrogens is 1. The molecular formula is C23H18N2O3. The number of hydrogen-bond donors (Lipinski definition) is 3. The number of nitrogens with zero attached hydrogens (tertiary/aromatic N) is 1. The molecule has 0 saturated heterocycles. The summed E-state index contributed by atoms with van der Waals surface area (Å²) in [5.41, 5.74) is 4.37. The number of aromatic hydroxyl groups is 1. The molecule has 0 aliphatic heterocycles. The molecule has 0 spiro atoms. The zero-order valence-corrected chi connectivity index (χ0v) is 15.0. The van der Waals surface area contributed by atoms with Crippen molar-refractivity contribution in [3.63, 3.8) is 0 Å². The van der Waals surface area contributed by atoms with Gasteiger partial charge < -0.3 is 15.2 Å². The second kappa shape index (κ2) is 7.40. The van der Waals surface area contributed by atoms with Crippen molar-refractivity contribution in [2.75, 3.05) is 0 Å². The predicted octanol–water partition coefficient (Wildman–Crippen LogP) is 4.67. The molecule has 0 saturated carbocycles. The van der Waals surface area contributed by atoms with E-state index in [1.54, 1.807) is 24.3 Å². The van der Waals surface area contributed by atoms with Crippen LogP contribution in [0.4, 0.5) is 5.69 Å². The first-order valence-electron chi connectivity index (χ1n) is 8.87. The van der Waals surface area contributed by atoms with Gasteiger partial charge in [-0.1, -0.05) is 60.7 Å². The summed E-state index contributed by atoms with van der Waals surface area (Å²) in [5, 5.41) is 20.4. The van der Waals surface area contributed by atoms with Gasteiger partial charge in [0.2, 0.25) is 0 Å². The van der Waals surface area contributed by atoms with Gasteiger partial charge >= 0.3 is 5.97 Å². The molecule has 0 unspecified atom stereocenters. The summed E-state index contributed by atoms with van der Waals surface area (Å²) in [7, 11) is 0. The number of aromatic amines is 1. The molecule has 3 N–H and O–H groups in total. The summed E-state index contributed by atoms with van der Waals surface area (Å²) in [4.78, 5) is 18.7. The number of aliphatic imine (C=N–C) groups is 1. The van der Waals surface area contributed by atoms with E-state index in [1.807, 2.05) is 54.6 Å². The third-order valence-corrected chi connectivity index (χ3v) is 4.50. The fourth-order valence-electron chi connectivity index (χ4n) is 3.22. The lowest BCUT2D eigenvalue weighted by atomic mass is 10.0. The highest BCUT2D eigenvalue weighted by Crippen LogP contribution is 2.31. The molecule has 1 heterocycles. The molecule has 0 aliphatic carbocycles. The first-order valence-corrected chi connectivity index (χ1v) is 8.87. The SMILES string of the molecule is O=C(O)Cc1ccc(N=C(c2ccccc2)c2c(O)[nH]c3ccccc23)cc1. The van der Waals surface area contributed by atoms with Crippen LogP contribution in [0.15, 0.2) is 83.9 Å². The number of nitrogens with one attached hydrogen (secondary N) is 1. The third-order valence-electron chi connectivity index (χ3n) is 4.50. The van der Waals surface area contributed by atoms with Crippen LogP contribution in [0.5, 0.6) is 5.88 Å². The number of rotatable bonds is 5. The molecule has 4 aromatic rings. The smallest absolute Gasteiger partial charge is 0.307 e. The Morgan fingerprint density at radius 3 is 2.29 bits per heavy atom. The number of carbonyl (C=O) groups is 1. The average Bonchev–Trinajstić information content (AvgIpc) is 3.03. The Kier molecular flexibility index (Phi) is 4.64. The Labute approximate surface area is 161 Å². The Morgan fingerprint density at radius 2 is 1.57 bits per heavy atom. The van der Waals surface area contributed by atoms with E-state index in [1.165, 1.54) is 0 Å². The van der Waals surface area contributed by atoms with E-state index < -0.39 is 5.97 Å². The van der Waals surface area contributed by atoms with Crippen molar-refractivity contribution in [3.8, 4) is 5.88 Å². The predicted molar refractivity (Wildman–Crippen MR) is 109 cm³/mol. The second-order valence-electron chi connectivity index (χ2n) is 6.46. The Bertz CT molecular complexity index is 1160. The molecule has 0 aliphatic rings. The number of H-pyrrole nitrogens is 1. The highest BCUT2D eigenvalue weighted by molar-refractivity contribution is 6.21. The molecule has 5 nitrogen and oxygen atoms in total. The molecule has 3 aromatic carbocycles. The number of carboxylic acid groups (broad SMARTS) is 1. The molecule has 28 heavy (non-hydrogen) atoms. The van der Waals surface area contributed by atoms with Crippen LogP contribution >= 0.6 is 0 Å². The number of hydrogen-bond acceptors (Lipinski definition) is 3. The van der Waals surface area contributed by atoms with E-state index in [0.717, 1.165) is 16.5 Å². The summed E-state index contributed by atoms with van der Waals surface area (Å²) in [5.74, 6) is -0.809. The first-order chi connectivity index (χ1) is 13.6. The van der Waals surface area contributed by atoms with Gasteiger partial charge in [0.1, 0.15) is 0 Å². The zero-order valence-electron chi connectivity index (χ0n) is 15.0. The molecular weight excluding hydrogens is 352 g/mol. The maximum Gasteiger partial charge on any atom is 0.307 e. The lowest BCUT2D eigenvalue weighted by Gasteiger charge is -2.08. The van der Waals surface area contributed by atoms with Gasteiger partial charge in [-0.2, -0.15) is 0 Å². The standard InChI is InChI=1S/C23H18N2O3/c26-20(27)14-15-10-12-17(13-11-15)24-22(16-6-2-1-3-7-16)21-18-8-4-5-9-19(18)25-23(21)28/h1-13,25,28H,14H2,(H,26,27). The van der Waals surface area contributed by atoms with E-state index in [9.17, 15) is 9.90 Å². The number of carboxylic acids is 1. The maximum absolute atomic E-state index is 10.9. The quantitative estimate of drug-likeness (QED) is 0.446. The normalized spacial score (nSPS) is 11.6. The summed E-state index contributed by atoms with van der Waals surface area (Å²) in [6.45, 7) is 0. The molecule has 0 amide bonds. The number of para-hydroxylation sites is 1. The summed E-state index contributed by atoms with van der Waals surface area (Å²) >= 11 is 0. The van der Waals surface area contributed by atoms with Crippen LogP contribution in [-0.2, 0) is 11.2 Å². The number of fused-ring (bicyclic) bond motifs is 1. The van der Waals surface area contributed by atoms with E-state index in [-0.39, 0.29) is 12.3 Å². The van der Waals surface area contributed by atoms with Crippen LogP contribution in [0, 0.1) is 0 Å². The molecule has 0 atom stereocenters. The minimum Gasteiger partial charge on any atom is -0.494 e.